The van der Waals surface area contributed by atoms with Gasteiger partial charge in [0, 0.05) is 27.4 Å². The summed E-state index contributed by atoms with van der Waals surface area (Å²) in [6.45, 7) is 10.7. The van der Waals surface area contributed by atoms with Crippen LogP contribution in [0.25, 0.3) is 32.9 Å². The predicted molar refractivity (Wildman–Crippen MR) is 175 cm³/mol. The maximum absolute atomic E-state index is 13.0. The van der Waals surface area contributed by atoms with Crippen LogP contribution < -0.4 is 5.32 Å². The number of nitrogens with zero attached hydrogens (tertiary/aromatic N) is 5. The van der Waals surface area contributed by atoms with Gasteiger partial charge in [0.2, 0.25) is 0 Å². The summed E-state index contributed by atoms with van der Waals surface area (Å²) >= 11 is 0. The molecule has 2 aromatic heterocycles. The molecule has 0 radical (unpaired) electrons. The van der Waals surface area contributed by atoms with Crippen molar-refractivity contribution in [1.82, 2.24) is 24.9 Å². The lowest BCUT2D eigenvalue weighted by Crippen LogP contribution is -2.27. The highest BCUT2D eigenvalue weighted by molar-refractivity contribution is 6.02. The van der Waals surface area contributed by atoms with E-state index in [0.717, 1.165) is 71.0 Å². The molecule has 8 nitrogen and oxygen atoms in total. The van der Waals surface area contributed by atoms with Gasteiger partial charge in [-0.2, -0.15) is 9.78 Å². The minimum absolute atomic E-state index is 0.510. The van der Waals surface area contributed by atoms with Crippen LogP contribution in [0, 0.1) is 6.92 Å². The number of aryl methyl sites for hydroxylation is 3. The van der Waals surface area contributed by atoms with Gasteiger partial charge in [-0.1, -0.05) is 55.8 Å². The molecule has 224 valence electrons. The highest BCUT2D eigenvalue weighted by Crippen LogP contribution is 2.33. The Morgan fingerprint density at radius 1 is 0.930 bits per heavy atom. The maximum Gasteiger partial charge on any atom is 0.435 e. The lowest BCUT2D eigenvalue weighted by Gasteiger charge is -2.19. The molecule has 0 spiro atoms. The SMILES string of the molecule is CCCc1cc(CCCN(C)C)cc(Nc2nnc(-c3ccc4c(C)nn(C(=O)OC(C)(C)C)c4c3)c3ccccc23)c1. The van der Waals surface area contributed by atoms with E-state index in [0.29, 0.717) is 11.3 Å². The molecule has 8 heteroatoms. The molecule has 5 rings (SSSR count). The Morgan fingerprint density at radius 2 is 1.65 bits per heavy atom. The van der Waals surface area contributed by atoms with Gasteiger partial charge in [-0.3, -0.25) is 0 Å². The lowest BCUT2D eigenvalue weighted by atomic mass is 10.0. The normalized spacial score (nSPS) is 11.9. The third kappa shape index (κ3) is 7.03. The Kier molecular flexibility index (Phi) is 8.78. The fourth-order valence-corrected chi connectivity index (χ4v) is 5.42. The highest BCUT2D eigenvalue weighted by atomic mass is 16.6. The van der Waals surface area contributed by atoms with E-state index in [2.05, 4.69) is 71.8 Å². The van der Waals surface area contributed by atoms with E-state index in [1.54, 1.807) is 0 Å². The van der Waals surface area contributed by atoms with Crippen molar-refractivity contribution >= 4 is 39.3 Å². The zero-order valence-corrected chi connectivity index (χ0v) is 26.4. The number of aromatic nitrogens is 4. The van der Waals surface area contributed by atoms with Crippen molar-refractivity contribution in [2.45, 2.75) is 65.9 Å². The summed E-state index contributed by atoms with van der Waals surface area (Å²) < 4.78 is 6.96. The van der Waals surface area contributed by atoms with E-state index in [-0.39, 0.29) is 0 Å². The number of carbonyl (C=O) groups is 1. The van der Waals surface area contributed by atoms with Crippen molar-refractivity contribution in [3.8, 4) is 11.3 Å². The van der Waals surface area contributed by atoms with E-state index in [1.165, 1.54) is 15.8 Å². The molecule has 0 unspecified atom stereocenters. The summed E-state index contributed by atoms with van der Waals surface area (Å²) in [7, 11) is 4.23. The van der Waals surface area contributed by atoms with Crippen LogP contribution in [-0.4, -0.2) is 57.2 Å². The molecular weight excluding hydrogens is 536 g/mol. The Bertz CT molecular complexity index is 1770. The first-order chi connectivity index (χ1) is 20.5. The fourth-order valence-electron chi connectivity index (χ4n) is 5.42. The average Bonchev–Trinajstić information content (AvgIpc) is 3.28. The minimum Gasteiger partial charge on any atom is -0.442 e. The van der Waals surface area contributed by atoms with Gasteiger partial charge in [-0.25, -0.2) is 4.79 Å². The minimum atomic E-state index is -0.631. The van der Waals surface area contributed by atoms with Crippen LogP contribution in [0.2, 0.25) is 0 Å². The van der Waals surface area contributed by atoms with E-state index in [1.807, 2.05) is 58.0 Å². The number of fused-ring (bicyclic) bond motifs is 2. The Labute approximate surface area is 254 Å². The smallest absolute Gasteiger partial charge is 0.435 e. The molecule has 0 saturated heterocycles. The molecule has 2 heterocycles. The van der Waals surface area contributed by atoms with Crippen molar-refractivity contribution in [3.05, 3.63) is 77.5 Å². The molecule has 0 saturated carbocycles. The van der Waals surface area contributed by atoms with Crippen molar-refractivity contribution in [1.29, 1.82) is 0 Å². The van der Waals surface area contributed by atoms with Crippen molar-refractivity contribution < 1.29 is 9.53 Å². The third-order valence-electron chi connectivity index (χ3n) is 7.32. The number of rotatable bonds is 9. The van der Waals surface area contributed by atoms with Gasteiger partial charge in [-0.15, -0.1) is 10.2 Å². The number of benzene rings is 3. The zero-order chi connectivity index (χ0) is 30.7. The van der Waals surface area contributed by atoms with Crippen molar-refractivity contribution in [2.75, 3.05) is 26.0 Å². The second-order valence-electron chi connectivity index (χ2n) is 12.5. The summed E-state index contributed by atoms with van der Waals surface area (Å²) in [4.78, 5) is 15.2. The number of anilines is 2. The zero-order valence-electron chi connectivity index (χ0n) is 26.4. The summed E-state index contributed by atoms with van der Waals surface area (Å²) in [5.74, 6) is 0.711. The maximum atomic E-state index is 13.0. The van der Waals surface area contributed by atoms with Crippen molar-refractivity contribution in [2.24, 2.45) is 0 Å². The second kappa shape index (κ2) is 12.5. The van der Waals surface area contributed by atoms with Crippen LogP contribution in [0.15, 0.2) is 60.7 Å². The monoisotopic (exact) mass is 578 g/mol. The van der Waals surface area contributed by atoms with Gasteiger partial charge in [0.1, 0.15) is 11.3 Å². The Hall–Kier alpha value is -4.30. The summed E-state index contributed by atoms with van der Waals surface area (Å²) in [5, 5.41) is 20.3. The fraction of sp³-hybridized carbons (Fsp3) is 0.371. The third-order valence-corrected chi connectivity index (χ3v) is 7.32. The van der Waals surface area contributed by atoms with Gasteiger partial charge in [0.15, 0.2) is 5.82 Å². The number of ether oxygens (including phenoxy) is 1. The van der Waals surface area contributed by atoms with E-state index < -0.39 is 11.7 Å². The van der Waals surface area contributed by atoms with E-state index in [4.69, 9.17) is 9.84 Å². The van der Waals surface area contributed by atoms with Gasteiger partial charge >= 0.3 is 6.09 Å². The summed E-state index contributed by atoms with van der Waals surface area (Å²) in [5.41, 5.74) is 6.06. The predicted octanol–water partition coefficient (Wildman–Crippen LogP) is 7.93. The molecule has 0 fully saturated rings. The first-order valence-electron chi connectivity index (χ1n) is 15.1. The Balaban J connectivity index is 1.52. The molecule has 5 aromatic rings. The van der Waals surface area contributed by atoms with Crippen LogP contribution in [0.1, 0.15) is 57.4 Å². The van der Waals surface area contributed by atoms with Gasteiger partial charge in [0.05, 0.1) is 11.2 Å². The first-order valence-corrected chi connectivity index (χ1v) is 15.1. The van der Waals surface area contributed by atoms with Crippen molar-refractivity contribution in [3.63, 3.8) is 0 Å². The molecule has 0 bridgehead atoms. The first kappa shape index (κ1) is 30.2. The quantitative estimate of drug-likeness (QED) is 0.190. The second-order valence-corrected chi connectivity index (χ2v) is 12.5. The van der Waals surface area contributed by atoms with Crippen LogP contribution in [-0.2, 0) is 17.6 Å². The number of nitrogens with one attached hydrogen (secondary N) is 1. The molecule has 0 aliphatic heterocycles. The molecule has 0 aliphatic rings. The number of hydrogen-bond donors (Lipinski definition) is 1. The molecule has 0 amide bonds. The molecule has 3 aromatic carbocycles. The molecule has 0 atom stereocenters. The number of carbonyl (C=O) groups excluding carboxylic acids is 1. The number of hydrogen-bond acceptors (Lipinski definition) is 7. The molecule has 43 heavy (non-hydrogen) atoms. The highest BCUT2D eigenvalue weighted by Gasteiger charge is 2.22. The average molecular weight is 579 g/mol. The van der Waals surface area contributed by atoms with Crippen LogP contribution >= 0.6 is 0 Å². The standard InChI is InChI=1S/C35H42N6O2/c1-8-12-24-19-25(13-11-18-40(6)7)21-27(20-24)36-33-30-15-10-9-14-29(30)32(37-38-33)26-16-17-28-23(2)39-41(31(28)22-26)34(42)43-35(3,4)5/h9-10,14-17,19-22H,8,11-13,18H2,1-7H3,(H,36,38). The molecule has 1 N–H and O–H groups in total. The topological polar surface area (TPSA) is 85.2 Å². The van der Waals surface area contributed by atoms with Crippen LogP contribution in [0.5, 0.6) is 0 Å². The largest absolute Gasteiger partial charge is 0.442 e. The molecular formula is C35H42N6O2. The van der Waals surface area contributed by atoms with Gasteiger partial charge < -0.3 is 15.0 Å². The summed E-state index contributed by atoms with van der Waals surface area (Å²) in [6, 6.07) is 20.9. The van der Waals surface area contributed by atoms with Crippen LogP contribution in [0.4, 0.5) is 16.3 Å². The van der Waals surface area contributed by atoms with Gasteiger partial charge in [0.25, 0.3) is 0 Å². The Morgan fingerprint density at radius 3 is 2.35 bits per heavy atom. The van der Waals surface area contributed by atoms with E-state index in [9.17, 15) is 4.79 Å². The lowest BCUT2D eigenvalue weighted by molar-refractivity contribution is 0.0522. The summed E-state index contributed by atoms with van der Waals surface area (Å²) in [6.07, 6.45) is 3.75. The van der Waals surface area contributed by atoms with Gasteiger partial charge in [-0.05, 0) is 96.9 Å². The van der Waals surface area contributed by atoms with E-state index >= 15 is 0 Å². The van der Waals surface area contributed by atoms with Crippen LogP contribution in [0.3, 0.4) is 0 Å². The molecule has 0 aliphatic carbocycles.